The van der Waals surface area contributed by atoms with Crippen LogP contribution in [0.2, 0.25) is 5.02 Å². The van der Waals surface area contributed by atoms with E-state index < -0.39 is 0 Å². The molecule has 1 atom stereocenters. The number of amides is 2. The Bertz CT molecular complexity index is 1610. The van der Waals surface area contributed by atoms with E-state index in [4.69, 9.17) is 16.7 Å². The molecule has 0 saturated carbocycles. The number of nitrogens with one attached hydrogen (secondary N) is 1. The van der Waals surface area contributed by atoms with Crippen LogP contribution in [0.3, 0.4) is 0 Å². The Morgan fingerprint density at radius 1 is 1.00 bits per heavy atom. The molecule has 5 aromatic rings. The third-order valence-electron chi connectivity index (χ3n) is 6.86. The highest BCUT2D eigenvalue weighted by atomic mass is 35.5. The van der Waals surface area contributed by atoms with Crippen molar-refractivity contribution in [1.29, 1.82) is 0 Å². The van der Waals surface area contributed by atoms with E-state index in [-0.39, 0.29) is 12.1 Å². The van der Waals surface area contributed by atoms with E-state index >= 15 is 0 Å². The summed E-state index contributed by atoms with van der Waals surface area (Å²) in [6, 6.07) is 29.3. The lowest BCUT2D eigenvalue weighted by Gasteiger charge is -2.31. The number of aryl methyl sites for hydroxylation is 1. The van der Waals surface area contributed by atoms with Gasteiger partial charge in [-0.25, -0.2) is 9.48 Å². The first kappa shape index (κ1) is 24.4. The maximum atomic E-state index is 14.0. The maximum Gasteiger partial charge on any atom is 0.322 e. The molecule has 0 fully saturated rings. The maximum absolute atomic E-state index is 14.0. The minimum Gasteiger partial charge on any atom is -0.308 e. The number of urea groups is 1. The standard InChI is InChI=1S/C30H26ClN5OS/c1-20-26-19-35(30(37)32-23-9-6-8-22(31)18-23)28(21-13-15-25(38-2)16-14-21)27-12-7-17-34(27)29(26)36(33-20)24-10-4-3-5-11-24/h3-18,28H,19H2,1-2H3,(H,32,37)/t28-/m0/s1. The van der Waals surface area contributed by atoms with Crippen LogP contribution in [0, 0.1) is 6.92 Å². The molecule has 3 heterocycles. The highest BCUT2D eigenvalue weighted by molar-refractivity contribution is 7.98. The third kappa shape index (κ3) is 4.38. The van der Waals surface area contributed by atoms with Crippen molar-refractivity contribution in [2.24, 2.45) is 0 Å². The van der Waals surface area contributed by atoms with E-state index in [2.05, 4.69) is 52.7 Å². The van der Waals surface area contributed by atoms with Gasteiger partial charge in [-0.3, -0.25) is 0 Å². The molecule has 8 heteroatoms. The van der Waals surface area contributed by atoms with Gasteiger partial charge in [0.15, 0.2) is 0 Å². The van der Waals surface area contributed by atoms with E-state index in [0.717, 1.165) is 34.0 Å². The topological polar surface area (TPSA) is 55.1 Å². The van der Waals surface area contributed by atoms with Crippen molar-refractivity contribution < 1.29 is 4.79 Å². The molecule has 0 unspecified atom stereocenters. The van der Waals surface area contributed by atoms with Crippen LogP contribution in [0.25, 0.3) is 11.5 Å². The summed E-state index contributed by atoms with van der Waals surface area (Å²) in [6.45, 7) is 2.39. The van der Waals surface area contributed by atoms with Gasteiger partial charge in [0.2, 0.25) is 0 Å². The van der Waals surface area contributed by atoms with Crippen molar-refractivity contribution in [3.63, 3.8) is 0 Å². The van der Waals surface area contributed by atoms with Gasteiger partial charge < -0.3 is 14.8 Å². The molecule has 6 nitrogen and oxygen atoms in total. The van der Waals surface area contributed by atoms with Crippen LogP contribution in [0.1, 0.15) is 28.6 Å². The van der Waals surface area contributed by atoms with Gasteiger partial charge in [-0.1, -0.05) is 48.0 Å². The number of para-hydroxylation sites is 1. The zero-order valence-corrected chi connectivity index (χ0v) is 22.6. The summed E-state index contributed by atoms with van der Waals surface area (Å²) in [6.07, 6.45) is 4.11. The second-order valence-electron chi connectivity index (χ2n) is 9.18. The zero-order chi connectivity index (χ0) is 26.2. The van der Waals surface area contributed by atoms with Crippen molar-refractivity contribution in [2.75, 3.05) is 11.6 Å². The fourth-order valence-electron chi connectivity index (χ4n) is 5.05. The van der Waals surface area contributed by atoms with Crippen LogP contribution in [-0.4, -0.2) is 31.5 Å². The van der Waals surface area contributed by atoms with E-state index in [1.807, 2.05) is 65.0 Å². The smallest absolute Gasteiger partial charge is 0.308 e. The number of rotatable bonds is 4. The Kier molecular flexibility index (Phi) is 6.47. The third-order valence-corrected chi connectivity index (χ3v) is 7.83. The Morgan fingerprint density at radius 3 is 2.53 bits per heavy atom. The first-order valence-corrected chi connectivity index (χ1v) is 13.9. The molecular formula is C30H26ClN5OS. The molecule has 6 rings (SSSR count). The number of thioether (sulfide) groups is 1. The van der Waals surface area contributed by atoms with Crippen molar-refractivity contribution in [3.05, 3.63) is 125 Å². The van der Waals surface area contributed by atoms with Crippen molar-refractivity contribution in [2.45, 2.75) is 24.4 Å². The summed E-state index contributed by atoms with van der Waals surface area (Å²) in [5, 5.41) is 8.55. The molecule has 0 bridgehead atoms. The van der Waals surface area contributed by atoms with Crippen molar-refractivity contribution >= 4 is 35.1 Å². The molecule has 1 aliphatic heterocycles. The van der Waals surface area contributed by atoms with E-state index in [1.54, 1.807) is 23.9 Å². The predicted octanol–water partition coefficient (Wildman–Crippen LogP) is 7.48. The van der Waals surface area contributed by atoms with Crippen molar-refractivity contribution in [1.82, 2.24) is 19.2 Å². The minimum absolute atomic E-state index is 0.210. The molecule has 38 heavy (non-hydrogen) atoms. The number of carbonyl (C=O) groups is 1. The normalized spacial score (nSPS) is 14.5. The van der Waals surface area contributed by atoms with Crippen LogP contribution < -0.4 is 5.32 Å². The molecule has 2 amide bonds. The van der Waals surface area contributed by atoms with Gasteiger partial charge >= 0.3 is 6.03 Å². The monoisotopic (exact) mass is 539 g/mol. The molecule has 0 radical (unpaired) electrons. The summed E-state index contributed by atoms with van der Waals surface area (Å²) >= 11 is 7.91. The quantitative estimate of drug-likeness (QED) is 0.241. The number of fused-ring (bicyclic) bond motifs is 3. The Hall–Kier alpha value is -3.94. The number of nitrogens with zero attached hydrogens (tertiary/aromatic N) is 4. The number of halogens is 1. The van der Waals surface area contributed by atoms with Gasteiger partial charge in [-0.2, -0.15) is 5.10 Å². The van der Waals surface area contributed by atoms with Crippen LogP contribution in [-0.2, 0) is 6.54 Å². The van der Waals surface area contributed by atoms with Gasteiger partial charge in [0, 0.05) is 27.4 Å². The molecular weight excluding hydrogens is 514 g/mol. The summed E-state index contributed by atoms with van der Waals surface area (Å²) in [7, 11) is 0. The van der Waals surface area contributed by atoms with Crippen LogP contribution in [0.5, 0.6) is 0 Å². The van der Waals surface area contributed by atoms with Crippen LogP contribution in [0.4, 0.5) is 10.5 Å². The first-order chi connectivity index (χ1) is 18.5. The lowest BCUT2D eigenvalue weighted by atomic mass is 10.0. The molecule has 3 aromatic carbocycles. The second kappa shape index (κ2) is 10.1. The number of carbonyl (C=O) groups excluding carboxylic acids is 1. The highest BCUT2D eigenvalue weighted by Crippen LogP contribution is 2.39. The molecule has 1 N–H and O–H groups in total. The molecule has 0 saturated heterocycles. The van der Waals surface area contributed by atoms with E-state index in [9.17, 15) is 4.79 Å². The molecule has 0 spiro atoms. The van der Waals surface area contributed by atoms with E-state index in [0.29, 0.717) is 17.3 Å². The fourth-order valence-corrected chi connectivity index (χ4v) is 5.65. The molecule has 1 aliphatic rings. The van der Waals surface area contributed by atoms with E-state index in [1.165, 1.54) is 4.90 Å². The van der Waals surface area contributed by atoms with Crippen LogP contribution >= 0.6 is 23.4 Å². The molecule has 2 aromatic heterocycles. The number of hydrogen-bond acceptors (Lipinski definition) is 3. The average Bonchev–Trinajstić information content (AvgIpc) is 3.49. The largest absolute Gasteiger partial charge is 0.322 e. The predicted molar refractivity (Wildman–Crippen MR) is 154 cm³/mol. The number of aromatic nitrogens is 3. The fraction of sp³-hybridized carbons (Fsp3) is 0.133. The Labute approximate surface area is 230 Å². The second-order valence-corrected chi connectivity index (χ2v) is 10.5. The summed E-state index contributed by atoms with van der Waals surface area (Å²) in [4.78, 5) is 17.1. The van der Waals surface area contributed by atoms with Gasteiger partial charge in [-0.05, 0) is 73.3 Å². The number of benzene rings is 3. The summed E-state index contributed by atoms with van der Waals surface area (Å²) in [5.74, 6) is 0.942. The molecule has 0 aliphatic carbocycles. The molecule has 190 valence electrons. The first-order valence-electron chi connectivity index (χ1n) is 12.3. The number of hydrogen-bond donors (Lipinski definition) is 1. The minimum atomic E-state index is -0.323. The Morgan fingerprint density at radius 2 is 1.79 bits per heavy atom. The van der Waals surface area contributed by atoms with Gasteiger partial charge in [0.1, 0.15) is 5.82 Å². The van der Waals surface area contributed by atoms with Gasteiger partial charge in [0.25, 0.3) is 0 Å². The van der Waals surface area contributed by atoms with Gasteiger partial charge in [0.05, 0.1) is 29.7 Å². The lowest BCUT2D eigenvalue weighted by molar-refractivity contribution is 0.194. The van der Waals surface area contributed by atoms with Crippen LogP contribution in [0.15, 0.2) is 102 Å². The SMILES string of the molecule is CSc1ccc([C@H]2c3cccn3-c3c(c(C)nn3-c3ccccc3)CN2C(=O)Nc2cccc(Cl)c2)cc1. The summed E-state index contributed by atoms with van der Waals surface area (Å²) in [5.41, 5.74) is 5.51. The van der Waals surface area contributed by atoms with Gasteiger partial charge in [-0.15, -0.1) is 11.8 Å². The number of anilines is 1. The highest BCUT2D eigenvalue weighted by Gasteiger charge is 2.36. The summed E-state index contributed by atoms with van der Waals surface area (Å²) < 4.78 is 4.14. The lowest BCUT2D eigenvalue weighted by Crippen LogP contribution is -2.38. The average molecular weight is 540 g/mol. The zero-order valence-electron chi connectivity index (χ0n) is 21.0. The van der Waals surface area contributed by atoms with Crippen molar-refractivity contribution in [3.8, 4) is 11.5 Å². The Balaban J connectivity index is 1.53.